The van der Waals surface area contributed by atoms with E-state index in [9.17, 15) is 0 Å². The molecular weight excluding hydrogens is 178 g/mol. The molecule has 3 heteroatoms. The Balaban J connectivity index is 2.00. The number of nitrogens with one attached hydrogen (secondary N) is 1. The van der Waals surface area contributed by atoms with Crippen molar-refractivity contribution in [2.75, 3.05) is 33.4 Å². The van der Waals surface area contributed by atoms with E-state index in [-0.39, 0.29) is 0 Å². The molecule has 0 aliphatic carbocycles. The molecule has 0 radical (unpaired) electrons. The van der Waals surface area contributed by atoms with Crippen LogP contribution in [0.15, 0.2) is 0 Å². The highest BCUT2D eigenvalue weighted by Crippen LogP contribution is 2.11. The second kappa shape index (κ2) is 7.21. The molecule has 0 amide bonds. The summed E-state index contributed by atoms with van der Waals surface area (Å²) in [7, 11) is 1.73. The lowest BCUT2D eigenvalue weighted by Gasteiger charge is -2.24. The second-order valence-electron chi connectivity index (χ2n) is 4.14. The van der Waals surface area contributed by atoms with Crippen LogP contribution in [0.25, 0.3) is 0 Å². The van der Waals surface area contributed by atoms with Gasteiger partial charge in [0.05, 0.1) is 12.7 Å². The van der Waals surface area contributed by atoms with E-state index in [0.717, 1.165) is 26.2 Å². The van der Waals surface area contributed by atoms with Crippen molar-refractivity contribution >= 4 is 0 Å². The van der Waals surface area contributed by atoms with E-state index in [1.807, 2.05) is 0 Å². The van der Waals surface area contributed by atoms with E-state index >= 15 is 0 Å². The molecule has 84 valence electrons. The highest BCUT2D eigenvalue weighted by molar-refractivity contribution is 4.68. The summed E-state index contributed by atoms with van der Waals surface area (Å²) in [6.45, 7) is 6.12. The summed E-state index contributed by atoms with van der Waals surface area (Å²) < 4.78 is 10.8. The molecule has 0 aromatic heterocycles. The van der Waals surface area contributed by atoms with Gasteiger partial charge >= 0.3 is 0 Å². The third kappa shape index (κ3) is 4.94. The zero-order valence-electron chi connectivity index (χ0n) is 9.42. The highest BCUT2D eigenvalue weighted by Gasteiger charge is 2.14. The molecule has 1 N–H and O–H groups in total. The maximum Gasteiger partial charge on any atom is 0.0569 e. The van der Waals surface area contributed by atoms with Crippen LogP contribution in [0.5, 0.6) is 0 Å². The Hall–Kier alpha value is -0.120. The number of rotatable bonds is 6. The number of hydrogen-bond donors (Lipinski definition) is 1. The molecule has 2 atom stereocenters. The summed E-state index contributed by atoms with van der Waals surface area (Å²) in [5, 5.41) is 3.40. The largest absolute Gasteiger partial charge is 0.385 e. The summed E-state index contributed by atoms with van der Waals surface area (Å²) in [5.41, 5.74) is 0. The Bertz CT molecular complexity index is 135. The van der Waals surface area contributed by atoms with Crippen molar-refractivity contribution in [1.29, 1.82) is 0 Å². The standard InChI is InChI=1S/C11H23NO2/c1-10(5-7-13-2)14-9-11-4-3-6-12-8-11/h10-12H,3-9H2,1-2H3. The lowest BCUT2D eigenvalue weighted by molar-refractivity contribution is 0.0163. The van der Waals surface area contributed by atoms with Gasteiger partial charge in [0, 0.05) is 20.3 Å². The van der Waals surface area contributed by atoms with E-state index in [1.54, 1.807) is 7.11 Å². The fourth-order valence-electron chi connectivity index (χ4n) is 1.73. The molecule has 14 heavy (non-hydrogen) atoms. The lowest BCUT2D eigenvalue weighted by Crippen LogP contribution is -2.33. The van der Waals surface area contributed by atoms with Gasteiger partial charge in [0.25, 0.3) is 0 Å². The second-order valence-corrected chi connectivity index (χ2v) is 4.14. The van der Waals surface area contributed by atoms with Gasteiger partial charge in [-0.3, -0.25) is 0 Å². The van der Waals surface area contributed by atoms with Gasteiger partial charge in [0.2, 0.25) is 0 Å². The van der Waals surface area contributed by atoms with Crippen molar-refractivity contribution in [2.24, 2.45) is 5.92 Å². The third-order valence-electron chi connectivity index (χ3n) is 2.74. The van der Waals surface area contributed by atoms with Crippen LogP contribution in [0.3, 0.4) is 0 Å². The van der Waals surface area contributed by atoms with Crippen molar-refractivity contribution in [2.45, 2.75) is 32.3 Å². The molecule has 1 rings (SSSR count). The van der Waals surface area contributed by atoms with E-state index in [1.165, 1.54) is 19.4 Å². The van der Waals surface area contributed by atoms with Crippen molar-refractivity contribution in [3.05, 3.63) is 0 Å². The SMILES string of the molecule is COCCC(C)OCC1CCCNC1. The number of methoxy groups -OCH3 is 1. The Labute approximate surface area is 87.2 Å². The van der Waals surface area contributed by atoms with Crippen LogP contribution >= 0.6 is 0 Å². The van der Waals surface area contributed by atoms with Crippen molar-refractivity contribution in [1.82, 2.24) is 5.32 Å². The number of piperidine rings is 1. The number of ether oxygens (including phenoxy) is 2. The minimum atomic E-state index is 0.330. The summed E-state index contributed by atoms with van der Waals surface area (Å²) in [6, 6.07) is 0. The lowest BCUT2D eigenvalue weighted by atomic mass is 10.0. The molecule has 1 aliphatic rings. The molecule has 1 saturated heterocycles. The Morgan fingerprint density at radius 1 is 1.50 bits per heavy atom. The van der Waals surface area contributed by atoms with E-state index in [4.69, 9.17) is 9.47 Å². The summed E-state index contributed by atoms with van der Waals surface area (Å²) in [5.74, 6) is 0.716. The molecule has 0 bridgehead atoms. The first-order chi connectivity index (χ1) is 6.83. The molecule has 1 aliphatic heterocycles. The Kier molecular flexibility index (Phi) is 6.15. The average molecular weight is 201 g/mol. The zero-order valence-corrected chi connectivity index (χ0v) is 9.42. The molecule has 1 heterocycles. The average Bonchev–Trinajstić information content (AvgIpc) is 2.25. The zero-order chi connectivity index (χ0) is 10.2. The predicted octanol–water partition coefficient (Wildman–Crippen LogP) is 1.43. The summed E-state index contributed by atoms with van der Waals surface area (Å²) in [4.78, 5) is 0. The van der Waals surface area contributed by atoms with Crippen molar-refractivity contribution in [3.8, 4) is 0 Å². The van der Waals surface area contributed by atoms with Gasteiger partial charge in [-0.1, -0.05) is 0 Å². The molecule has 0 aromatic carbocycles. The fourth-order valence-corrected chi connectivity index (χ4v) is 1.73. The topological polar surface area (TPSA) is 30.5 Å². The van der Waals surface area contributed by atoms with Crippen LogP contribution in [-0.4, -0.2) is 39.5 Å². The van der Waals surface area contributed by atoms with Crippen molar-refractivity contribution < 1.29 is 9.47 Å². The van der Waals surface area contributed by atoms with E-state index in [2.05, 4.69) is 12.2 Å². The number of hydrogen-bond acceptors (Lipinski definition) is 3. The molecule has 1 fully saturated rings. The fraction of sp³-hybridized carbons (Fsp3) is 1.00. The minimum Gasteiger partial charge on any atom is -0.385 e. The predicted molar refractivity (Wildman–Crippen MR) is 57.5 cm³/mol. The normalized spacial score (nSPS) is 24.9. The monoisotopic (exact) mass is 201 g/mol. The minimum absolute atomic E-state index is 0.330. The van der Waals surface area contributed by atoms with Gasteiger partial charge in [0.1, 0.15) is 0 Å². The van der Waals surface area contributed by atoms with Crippen LogP contribution in [0.1, 0.15) is 26.2 Å². The van der Waals surface area contributed by atoms with Crippen molar-refractivity contribution in [3.63, 3.8) is 0 Å². The highest BCUT2D eigenvalue weighted by atomic mass is 16.5. The molecular formula is C11H23NO2. The van der Waals surface area contributed by atoms with Gasteiger partial charge in [-0.25, -0.2) is 0 Å². The van der Waals surface area contributed by atoms with E-state index < -0.39 is 0 Å². The summed E-state index contributed by atoms with van der Waals surface area (Å²) in [6.07, 6.45) is 3.93. The molecule has 0 saturated carbocycles. The molecule has 2 unspecified atom stereocenters. The first kappa shape index (κ1) is 12.0. The maximum absolute atomic E-state index is 5.76. The maximum atomic E-state index is 5.76. The first-order valence-electron chi connectivity index (χ1n) is 5.64. The summed E-state index contributed by atoms with van der Waals surface area (Å²) >= 11 is 0. The van der Waals surface area contributed by atoms with Gasteiger partial charge in [0.15, 0.2) is 0 Å². The first-order valence-corrected chi connectivity index (χ1v) is 5.64. The van der Waals surface area contributed by atoms with E-state index in [0.29, 0.717) is 12.0 Å². The van der Waals surface area contributed by atoms with Gasteiger partial charge in [-0.05, 0) is 38.6 Å². The quantitative estimate of drug-likeness (QED) is 0.705. The van der Waals surface area contributed by atoms with Crippen LogP contribution in [0.2, 0.25) is 0 Å². The van der Waals surface area contributed by atoms with Crippen LogP contribution in [-0.2, 0) is 9.47 Å². The molecule has 3 nitrogen and oxygen atoms in total. The van der Waals surface area contributed by atoms with Gasteiger partial charge < -0.3 is 14.8 Å². The molecule has 0 aromatic rings. The Morgan fingerprint density at radius 3 is 3.00 bits per heavy atom. The Morgan fingerprint density at radius 2 is 2.36 bits per heavy atom. The van der Waals surface area contributed by atoms with Gasteiger partial charge in [-0.15, -0.1) is 0 Å². The van der Waals surface area contributed by atoms with Gasteiger partial charge in [-0.2, -0.15) is 0 Å². The van der Waals surface area contributed by atoms with Crippen LogP contribution in [0.4, 0.5) is 0 Å². The van der Waals surface area contributed by atoms with Crippen LogP contribution < -0.4 is 5.32 Å². The van der Waals surface area contributed by atoms with Crippen LogP contribution in [0, 0.1) is 5.92 Å². The molecule has 0 spiro atoms. The third-order valence-corrected chi connectivity index (χ3v) is 2.74. The smallest absolute Gasteiger partial charge is 0.0569 e.